The van der Waals surface area contributed by atoms with E-state index in [1.54, 1.807) is 18.2 Å². The minimum Gasteiger partial charge on any atom is -0.208 e. The Bertz CT molecular complexity index is 1000. The van der Waals surface area contributed by atoms with Crippen molar-refractivity contribution in [1.82, 2.24) is 9.03 Å². The van der Waals surface area contributed by atoms with Crippen LogP contribution in [0.25, 0.3) is 0 Å². The maximum atomic E-state index is 13.9. The molecule has 0 spiro atoms. The van der Waals surface area contributed by atoms with Gasteiger partial charge in [-0.15, -0.1) is 0 Å². The second-order valence-electron chi connectivity index (χ2n) is 6.16. The molecule has 6 nitrogen and oxygen atoms in total. The molecule has 0 radical (unpaired) electrons. The second-order valence-corrected chi connectivity index (χ2v) is 9.75. The van der Waals surface area contributed by atoms with Crippen molar-refractivity contribution < 1.29 is 25.6 Å². The summed E-state index contributed by atoms with van der Waals surface area (Å²) in [5, 5.41) is 0. The first-order valence-electron chi connectivity index (χ1n) is 8.23. The summed E-state index contributed by atoms with van der Waals surface area (Å²) in [6.45, 7) is -0.0871. The van der Waals surface area contributed by atoms with E-state index in [0.717, 1.165) is 22.5 Å². The molecule has 2 aromatic rings. The van der Waals surface area contributed by atoms with Crippen LogP contribution in [-0.4, -0.2) is 40.3 Å². The molecule has 10 heteroatoms. The number of hydrogen-bond donors (Lipinski definition) is 1. The van der Waals surface area contributed by atoms with Gasteiger partial charge >= 0.3 is 0 Å². The monoisotopic (exact) mass is 416 g/mol. The summed E-state index contributed by atoms with van der Waals surface area (Å²) < 4.78 is 81.0. The van der Waals surface area contributed by atoms with Gasteiger partial charge in [0.15, 0.2) is 4.90 Å². The maximum Gasteiger partial charge on any atom is 0.248 e. The van der Waals surface area contributed by atoms with Crippen LogP contribution >= 0.6 is 0 Å². The van der Waals surface area contributed by atoms with Crippen LogP contribution in [0.2, 0.25) is 0 Å². The van der Waals surface area contributed by atoms with Crippen molar-refractivity contribution in [2.75, 3.05) is 13.1 Å². The lowest BCUT2D eigenvalue weighted by Gasteiger charge is -2.31. The molecule has 0 amide bonds. The largest absolute Gasteiger partial charge is 0.248 e. The number of nitrogens with one attached hydrogen (secondary N) is 1. The van der Waals surface area contributed by atoms with E-state index in [9.17, 15) is 25.6 Å². The van der Waals surface area contributed by atoms with Crippen molar-refractivity contribution in [3.8, 4) is 0 Å². The SMILES string of the molecule is O=S(=O)(NC1CCN(S(=O)(=O)c2c(F)cccc2F)CC1)c1ccccc1. The lowest BCUT2D eigenvalue weighted by Crippen LogP contribution is -2.46. The smallest absolute Gasteiger partial charge is 0.208 e. The zero-order chi connectivity index (χ0) is 19.7. The molecule has 1 aliphatic heterocycles. The van der Waals surface area contributed by atoms with E-state index in [2.05, 4.69) is 4.72 Å². The number of sulfonamides is 2. The molecule has 3 rings (SSSR count). The van der Waals surface area contributed by atoms with Crippen LogP contribution in [0.5, 0.6) is 0 Å². The number of benzene rings is 2. The lowest BCUT2D eigenvalue weighted by molar-refractivity contribution is 0.306. The first-order valence-corrected chi connectivity index (χ1v) is 11.2. The third kappa shape index (κ3) is 4.18. The van der Waals surface area contributed by atoms with Crippen LogP contribution in [0.3, 0.4) is 0 Å². The number of piperidine rings is 1. The Balaban J connectivity index is 1.70. The minimum absolute atomic E-state index is 0.0436. The number of nitrogens with zero attached hydrogens (tertiary/aromatic N) is 1. The Labute approximate surface area is 156 Å². The van der Waals surface area contributed by atoms with E-state index >= 15 is 0 Å². The van der Waals surface area contributed by atoms with Gasteiger partial charge in [-0.05, 0) is 37.1 Å². The van der Waals surface area contributed by atoms with Crippen LogP contribution in [0.15, 0.2) is 58.3 Å². The quantitative estimate of drug-likeness (QED) is 0.809. The van der Waals surface area contributed by atoms with Crippen LogP contribution in [-0.2, 0) is 20.0 Å². The predicted octanol–water partition coefficient (Wildman–Crippen LogP) is 2.10. The van der Waals surface area contributed by atoms with Gasteiger partial charge in [0.05, 0.1) is 4.90 Å². The van der Waals surface area contributed by atoms with Gasteiger partial charge in [0.25, 0.3) is 0 Å². The highest BCUT2D eigenvalue weighted by atomic mass is 32.2. The summed E-state index contributed by atoms with van der Waals surface area (Å²) in [6, 6.07) is 10.2. The van der Waals surface area contributed by atoms with Gasteiger partial charge < -0.3 is 0 Å². The average Bonchev–Trinajstić information content (AvgIpc) is 2.62. The van der Waals surface area contributed by atoms with E-state index in [0.29, 0.717) is 0 Å². The normalized spacial score (nSPS) is 17.1. The van der Waals surface area contributed by atoms with Crippen LogP contribution in [0.1, 0.15) is 12.8 Å². The van der Waals surface area contributed by atoms with Crippen molar-refractivity contribution in [2.45, 2.75) is 28.7 Å². The highest BCUT2D eigenvalue weighted by Gasteiger charge is 2.34. The van der Waals surface area contributed by atoms with Gasteiger partial charge in [0.1, 0.15) is 11.6 Å². The highest BCUT2D eigenvalue weighted by Crippen LogP contribution is 2.25. The highest BCUT2D eigenvalue weighted by molar-refractivity contribution is 7.89. The molecule has 2 aromatic carbocycles. The molecule has 0 saturated carbocycles. The third-order valence-electron chi connectivity index (χ3n) is 4.35. The standard InChI is InChI=1S/C17H18F2N2O4S2/c18-15-7-4-8-16(19)17(15)27(24,25)21-11-9-13(10-12-21)20-26(22,23)14-5-2-1-3-6-14/h1-8,13,20H,9-12H2. The van der Waals surface area contributed by atoms with Crippen molar-refractivity contribution in [1.29, 1.82) is 0 Å². The van der Waals surface area contributed by atoms with Gasteiger partial charge in [0.2, 0.25) is 20.0 Å². The van der Waals surface area contributed by atoms with Gasteiger partial charge in [-0.3, -0.25) is 0 Å². The molecule has 146 valence electrons. The minimum atomic E-state index is -4.34. The summed E-state index contributed by atoms with van der Waals surface area (Å²) in [6.07, 6.45) is 0.392. The lowest BCUT2D eigenvalue weighted by atomic mass is 10.1. The molecule has 1 saturated heterocycles. The molecule has 0 aromatic heterocycles. The van der Waals surface area contributed by atoms with Crippen LogP contribution in [0.4, 0.5) is 8.78 Å². The first kappa shape index (κ1) is 19.9. The average molecular weight is 416 g/mol. The molecule has 0 atom stereocenters. The fraction of sp³-hybridized carbons (Fsp3) is 0.294. The zero-order valence-corrected chi connectivity index (χ0v) is 15.8. The topological polar surface area (TPSA) is 83.6 Å². The maximum absolute atomic E-state index is 13.9. The molecule has 0 bridgehead atoms. The van der Waals surface area contributed by atoms with Crippen molar-refractivity contribution in [3.63, 3.8) is 0 Å². The van der Waals surface area contributed by atoms with Crippen molar-refractivity contribution in [3.05, 3.63) is 60.2 Å². The number of rotatable bonds is 5. The Morgan fingerprint density at radius 3 is 1.96 bits per heavy atom. The van der Waals surface area contributed by atoms with Crippen molar-refractivity contribution >= 4 is 20.0 Å². The van der Waals surface area contributed by atoms with Gasteiger partial charge in [-0.25, -0.2) is 30.3 Å². The van der Waals surface area contributed by atoms with E-state index in [4.69, 9.17) is 0 Å². The summed E-state index contributed by atoms with van der Waals surface area (Å²) in [5.74, 6) is -2.30. The van der Waals surface area contributed by atoms with E-state index in [1.807, 2.05) is 0 Å². The van der Waals surface area contributed by atoms with Gasteiger partial charge in [-0.2, -0.15) is 4.31 Å². The van der Waals surface area contributed by atoms with E-state index < -0.39 is 42.6 Å². The van der Waals surface area contributed by atoms with E-state index in [1.165, 1.54) is 12.1 Å². The second kappa shape index (κ2) is 7.63. The molecule has 1 fully saturated rings. The van der Waals surface area contributed by atoms with Crippen LogP contribution < -0.4 is 4.72 Å². The molecule has 27 heavy (non-hydrogen) atoms. The predicted molar refractivity (Wildman–Crippen MR) is 94.9 cm³/mol. The zero-order valence-electron chi connectivity index (χ0n) is 14.2. The molecule has 0 aliphatic carbocycles. The molecular weight excluding hydrogens is 398 g/mol. The molecule has 1 heterocycles. The number of halogens is 2. The molecular formula is C17H18F2N2O4S2. The first-order chi connectivity index (χ1) is 12.7. The molecule has 1 aliphatic rings. The Hall–Kier alpha value is -1.88. The van der Waals surface area contributed by atoms with Gasteiger partial charge in [-0.1, -0.05) is 24.3 Å². The summed E-state index contributed by atoms with van der Waals surface area (Å²) in [5.41, 5.74) is 0. The summed E-state index contributed by atoms with van der Waals surface area (Å²) in [7, 11) is -8.05. The Morgan fingerprint density at radius 2 is 1.41 bits per heavy atom. The molecule has 0 unspecified atom stereocenters. The van der Waals surface area contributed by atoms with E-state index in [-0.39, 0.29) is 30.8 Å². The van der Waals surface area contributed by atoms with Crippen molar-refractivity contribution in [2.24, 2.45) is 0 Å². The number of hydrogen-bond acceptors (Lipinski definition) is 4. The van der Waals surface area contributed by atoms with Crippen LogP contribution in [0, 0.1) is 11.6 Å². The third-order valence-corrected chi connectivity index (χ3v) is 7.83. The Kier molecular flexibility index (Phi) is 5.61. The molecule has 1 N–H and O–H groups in total. The summed E-state index contributed by atoms with van der Waals surface area (Å²) >= 11 is 0. The fourth-order valence-electron chi connectivity index (χ4n) is 2.96. The van der Waals surface area contributed by atoms with Gasteiger partial charge in [0, 0.05) is 19.1 Å². The summed E-state index contributed by atoms with van der Waals surface area (Å²) in [4.78, 5) is -0.859. The Morgan fingerprint density at radius 1 is 0.852 bits per heavy atom. The fourth-order valence-corrected chi connectivity index (χ4v) is 5.86.